The molecular weight excluding hydrogens is 236 g/mol. The van der Waals surface area contributed by atoms with Crippen LogP contribution in [0.5, 0.6) is 5.75 Å². The van der Waals surface area contributed by atoms with Crippen LogP contribution in [-0.2, 0) is 0 Å². The molecule has 0 spiro atoms. The molecule has 0 saturated heterocycles. The monoisotopic (exact) mass is 249 g/mol. The topological polar surface area (TPSA) is 22.1 Å². The van der Waals surface area contributed by atoms with Crippen LogP contribution in [-0.4, -0.2) is 11.1 Å². The van der Waals surface area contributed by atoms with Crippen molar-refractivity contribution in [3.8, 4) is 17.0 Å². The van der Waals surface area contributed by atoms with E-state index in [4.69, 9.17) is 0 Å². The lowest BCUT2D eigenvalue weighted by atomic mass is 10.1. The Morgan fingerprint density at radius 2 is 1.72 bits per heavy atom. The van der Waals surface area contributed by atoms with E-state index in [0.717, 1.165) is 16.8 Å². The molecule has 2 rings (SSSR count). The minimum atomic E-state index is -3.19. The summed E-state index contributed by atoms with van der Waals surface area (Å²) in [6, 6.07) is 11.0. The molecule has 1 aromatic heterocycles. The number of halogens is 2. The van der Waals surface area contributed by atoms with E-state index in [9.17, 15) is 8.78 Å². The number of ether oxygens (including phenoxy) is 1. The Balaban J connectivity index is 2.20. The van der Waals surface area contributed by atoms with Gasteiger partial charge in [-0.15, -0.1) is 0 Å². The Morgan fingerprint density at radius 1 is 1.06 bits per heavy atom. The largest absolute Gasteiger partial charge is 0.431 e. The smallest absolute Gasteiger partial charge is 0.394 e. The highest BCUT2D eigenvalue weighted by Crippen LogP contribution is 2.23. The van der Waals surface area contributed by atoms with Crippen molar-refractivity contribution in [3.63, 3.8) is 0 Å². The maximum atomic E-state index is 12.6. The predicted molar refractivity (Wildman–Crippen MR) is 65.7 cm³/mol. The quantitative estimate of drug-likeness (QED) is 0.818. The van der Waals surface area contributed by atoms with E-state index in [-0.39, 0.29) is 5.75 Å². The van der Waals surface area contributed by atoms with Gasteiger partial charge in [0.2, 0.25) is 0 Å². The van der Waals surface area contributed by atoms with Crippen molar-refractivity contribution in [3.05, 3.63) is 48.2 Å². The standard InChI is InChI=1S/C14H13F2NO/c1-10-3-5-11(6-4-10)13-8-7-12(9-17-13)18-14(2,15)16/h3-9H,1-2H3. The molecule has 0 aliphatic rings. The van der Waals surface area contributed by atoms with Gasteiger partial charge < -0.3 is 4.74 Å². The molecule has 0 bridgehead atoms. The van der Waals surface area contributed by atoms with E-state index < -0.39 is 6.11 Å². The third-order valence-electron chi connectivity index (χ3n) is 2.38. The summed E-state index contributed by atoms with van der Waals surface area (Å²) in [7, 11) is 0. The SMILES string of the molecule is Cc1ccc(-c2ccc(OC(C)(F)F)cn2)cc1. The van der Waals surface area contributed by atoms with Gasteiger partial charge in [0.1, 0.15) is 5.75 Å². The number of aromatic nitrogens is 1. The highest BCUT2D eigenvalue weighted by Gasteiger charge is 2.23. The number of hydrogen-bond acceptors (Lipinski definition) is 2. The average Bonchev–Trinajstić information content (AvgIpc) is 2.29. The number of aryl methyl sites for hydroxylation is 1. The second kappa shape index (κ2) is 4.72. The molecule has 0 saturated carbocycles. The number of alkyl halides is 2. The normalized spacial score (nSPS) is 11.3. The van der Waals surface area contributed by atoms with Gasteiger partial charge in [0.25, 0.3) is 0 Å². The van der Waals surface area contributed by atoms with Gasteiger partial charge in [0.05, 0.1) is 11.9 Å². The van der Waals surface area contributed by atoms with E-state index in [1.54, 1.807) is 6.07 Å². The minimum absolute atomic E-state index is 0.0540. The first-order chi connectivity index (χ1) is 8.44. The van der Waals surface area contributed by atoms with Crippen LogP contribution in [0, 0.1) is 6.92 Å². The maximum Gasteiger partial charge on any atom is 0.394 e. The average molecular weight is 249 g/mol. The van der Waals surface area contributed by atoms with Crippen molar-refractivity contribution in [2.45, 2.75) is 20.0 Å². The fraction of sp³-hybridized carbons (Fsp3) is 0.214. The molecule has 0 atom stereocenters. The Morgan fingerprint density at radius 3 is 2.22 bits per heavy atom. The minimum Gasteiger partial charge on any atom is -0.431 e. The second-order valence-corrected chi connectivity index (χ2v) is 4.16. The summed E-state index contributed by atoms with van der Waals surface area (Å²) < 4.78 is 29.7. The van der Waals surface area contributed by atoms with E-state index in [1.165, 1.54) is 12.3 Å². The molecule has 2 nitrogen and oxygen atoms in total. The molecule has 0 aliphatic heterocycles. The Bertz CT molecular complexity index is 515. The first-order valence-electron chi connectivity index (χ1n) is 5.54. The highest BCUT2D eigenvalue weighted by molar-refractivity contribution is 5.59. The van der Waals surface area contributed by atoms with Crippen LogP contribution in [0.15, 0.2) is 42.6 Å². The number of nitrogens with zero attached hydrogens (tertiary/aromatic N) is 1. The lowest BCUT2D eigenvalue weighted by molar-refractivity contribution is -0.159. The third kappa shape index (κ3) is 3.26. The molecule has 0 fully saturated rings. The summed E-state index contributed by atoms with van der Waals surface area (Å²) in [5, 5.41) is 0. The van der Waals surface area contributed by atoms with Crippen LogP contribution in [0.2, 0.25) is 0 Å². The fourth-order valence-electron chi connectivity index (χ4n) is 1.54. The van der Waals surface area contributed by atoms with Crippen LogP contribution in [0.4, 0.5) is 8.78 Å². The summed E-state index contributed by atoms with van der Waals surface area (Å²) >= 11 is 0. The Hall–Kier alpha value is -1.97. The van der Waals surface area contributed by atoms with E-state index in [0.29, 0.717) is 6.92 Å². The summed E-state index contributed by atoms with van der Waals surface area (Å²) in [4.78, 5) is 4.10. The summed E-state index contributed by atoms with van der Waals surface area (Å²) in [6.45, 7) is 2.69. The van der Waals surface area contributed by atoms with Crippen LogP contribution < -0.4 is 4.74 Å². The second-order valence-electron chi connectivity index (χ2n) is 4.16. The van der Waals surface area contributed by atoms with Gasteiger partial charge in [-0.3, -0.25) is 4.98 Å². The van der Waals surface area contributed by atoms with Gasteiger partial charge in [0.15, 0.2) is 0 Å². The van der Waals surface area contributed by atoms with Gasteiger partial charge in [0, 0.05) is 12.5 Å². The number of rotatable bonds is 3. The molecule has 18 heavy (non-hydrogen) atoms. The lowest BCUT2D eigenvalue weighted by Gasteiger charge is -2.12. The molecule has 2 aromatic rings. The van der Waals surface area contributed by atoms with Gasteiger partial charge >= 0.3 is 6.11 Å². The molecule has 4 heteroatoms. The molecule has 0 amide bonds. The van der Waals surface area contributed by atoms with E-state index in [1.807, 2.05) is 31.2 Å². The molecule has 0 unspecified atom stereocenters. The maximum absolute atomic E-state index is 12.6. The van der Waals surface area contributed by atoms with Crippen LogP contribution in [0.3, 0.4) is 0 Å². The van der Waals surface area contributed by atoms with Gasteiger partial charge in [-0.25, -0.2) is 0 Å². The number of hydrogen-bond donors (Lipinski definition) is 0. The van der Waals surface area contributed by atoms with E-state index in [2.05, 4.69) is 9.72 Å². The van der Waals surface area contributed by atoms with Crippen molar-refractivity contribution in [2.75, 3.05) is 0 Å². The molecule has 1 heterocycles. The predicted octanol–water partition coefficient (Wildman–Crippen LogP) is 4.05. The lowest BCUT2D eigenvalue weighted by Crippen LogP contribution is -2.19. The molecule has 94 valence electrons. The number of benzene rings is 1. The number of pyridine rings is 1. The van der Waals surface area contributed by atoms with Crippen LogP contribution >= 0.6 is 0 Å². The Labute approximate surface area is 104 Å². The molecule has 0 radical (unpaired) electrons. The van der Waals surface area contributed by atoms with Crippen LogP contribution in [0.25, 0.3) is 11.3 Å². The van der Waals surface area contributed by atoms with Crippen molar-refractivity contribution in [1.82, 2.24) is 4.98 Å². The molecule has 1 aromatic carbocycles. The first kappa shape index (κ1) is 12.5. The van der Waals surface area contributed by atoms with Crippen molar-refractivity contribution >= 4 is 0 Å². The zero-order chi connectivity index (χ0) is 13.2. The highest BCUT2D eigenvalue weighted by atomic mass is 19.3. The zero-order valence-electron chi connectivity index (χ0n) is 10.2. The van der Waals surface area contributed by atoms with Gasteiger partial charge in [-0.05, 0) is 19.1 Å². The summed E-state index contributed by atoms with van der Waals surface area (Å²) in [5.74, 6) is 0.0540. The van der Waals surface area contributed by atoms with Gasteiger partial charge in [-0.1, -0.05) is 29.8 Å². The molecule has 0 aliphatic carbocycles. The third-order valence-corrected chi connectivity index (χ3v) is 2.38. The van der Waals surface area contributed by atoms with Gasteiger partial charge in [-0.2, -0.15) is 8.78 Å². The van der Waals surface area contributed by atoms with E-state index >= 15 is 0 Å². The molecular formula is C14H13F2NO. The molecule has 0 N–H and O–H groups in total. The zero-order valence-corrected chi connectivity index (χ0v) is 10.2. The Kier molecular flexibility index (Phi) is 3.28. The summed E-state index contributed by atoms with van der Waals surface area (Å²) in [6.07, 6.45) is -1.89. The summed E-state index contributed by atoms with van der Waals surface area (Å²) in [5.41, 5.74) is 2.82. The van der Waals surface area contributed by atoms with Crippen molar-refractivity contribution in [1.29, 1.82) is 0 Å². The fourth-order valence-corrected chi connectivity index (χ4v) is 1.54. The van der Waals surface area contributed by atoms with Crippen LogP contribution in [0.1, 0.15) is 12.5 Å². The van der Waals surface area contributed by atoms with Crippen molar-refractivity contribution in [2.24, 2.45) is 0 Å². The first-order valence-corrected chi connectivity index (χ1v) is 5.54. The van der Waals surface area contributed by atoms with Crippen molar-refractivity contribution < 1.29 is 13.5 Å².